The number of aromatic nitrogens is 1. The molecule has 38 heavy (non-hydrogen) atoms. The SMILES string of the molecule is CCOC(=O)C1=C(C)N=c2sc(=Cc3cc(OC)c(OC)c(OC)c3)c(=O)n2C1c1cccc([N+](=O)[O-])c1. The van der Waals surface area contributed by atoms with E-state index in [9.17, 15) is 19.7 Å². The molecule has 3 aromatic rings. The molecule has 0 saturated heterocycles. The highest BCUT2D eigenvalue weighted by Crippen LogP contribution is 2.38. The minimum Gasteiger partial charge on any atom is -0.493 e. The Kier molecular flexibility index (Phi) is 7.62. The fraction of sp³-hybridized carbons (Fsp3) is 0.269. The van der Waals surface area contributed by atoms with Crippen molar-refractivity contribution in [2.75, 3.05) is 27.9 Å². The molecule has 4 rings (SSSR count). The summed E-state index contributed by atoms with van der Waals surface area (Å²) in [7, 11) is 4.48. The minimum absolute atomic E-state index is 0.114. The zero-order valence-corrected chi connectivity index (χ0v) is 22.2. The van der Waals surface area contributed by atoms with Gasteiger partial charge >= 0.3 is 5.97 Å². The van der Waals surface area contributed by atoms with E-state index in [-0.39, 0.29) is 17.9 Å². The Morgan fingerprint density at radius 2 is 1.84 bits per heavy atom. The fourth-order valence-electron chi connectivity index (χ4n) is 4.25. The average Bonchev–Trinajstić information content (AvgIpc) is 3.21. The van der Waals surface area contributed by atoms with E-state index in [4.69, 9.17) is 18.9 Å². The third-order valence-electron chi connectivity index (χ3n) is 5.90. The van der Waals surface area contributed by atoms with E-state index >= 15 is 0 Å². The van der Waals surface area contributed by atoms with Crippen LogP contribution in [0.2, 0.25) is 0 Å². The zero-order chi connectivity index (χ0) is 27.6. The lowest BCUT2D eigenvalue weighted by Crippen LogP contribution is -2.40. The number of carbonyl (C=O) groups excluding carboxylic acids is 1. The van der Waals surface area contributed by atoms with Gasteiger partial charge in [-0.25, -0.2) is 9.79 Å². The Morgan fingerprint density at radius 1 is 1.16 bits per heavy atom. The summed E-state index contributed by atoms with van der Waals surface area (Å²) in [5, 5.41) is 11.5. The highest BCUT2D eigenvalue weighted by atomic mass is 32.1. The number of carbonyl (C=O) groups is 1. The molecule has 0 radical (unpaired) electrons. The molecule has 0 N–H and O–H groups in total. The Hall–Kier alpha value is -4.45. The van der Waals surface area contributed by atoms with E-state index in [1.54, 1.807) is 38.1 Å². The van der Waals surface area contributed by atoms with Crippen LogP contribution in [0.25, 0.3) is 6.08 Å². The number of methoxy groups -OCH3 is 3. The molecule has 1 atom stereocenters. The number of nitrogens with zero attached hydrogens (tertiary/aromatic N) is 3. The van der Waals surface area contributed by atoms with Crippen molar-refractivity contribution in [2.24, 2.45) is 4.99 Å². The zero-order valence-electron chi connectivity index (χ0n) is 21.3. The predicted molar refractivity (Wildman–Crippen MR) is 140 cm³/mol. The second-order valence-corrected chi connectivity index (χ2v) is 9.12. The van der Waals surface area contributed by atoms with Gasteiger partial charge in [-0.1, -0.05) is 23.5 Å². The van der Waals surface area contributed by atoms with Crippen LogP contribution in [-0.2, 0) is 9.53 Å². The summed E-state index contributed by atoms with van der Waals surface area (Å²) in [6, 6.07) is 8.27. The maximum atomic E-state index is 13.8. The van der Waals surface area contributed by atoms with Gasteiger partial charge in [0.25, 0.3) is 11.2 Å². The van der Waals surface area contributed by atoms with Gasteiger partial charge in [-0.15, -0.1) is 0 Å². The molecule has 1 aliphatic rings. The average molecular weight is 540 g/mol. The molecule has 0 fully saturated rings. The quantitative estimate of drug-likeness (QED) is 0.243. The third kappa shape index (κ3) is 4.77. The Bertz CT molecular complexity index is 1610. The molecule has 1 aliphatic heterocycles. The summed E-state index contributed by atoms with van der Waals surface area (Å²) in [6.45, 7) is 3.43. The van der Waals surface area contributed by atoms with E-state index < -0.39 is 22.5 Å². The van der Waals surface area contributed by atoms with E-state index in [1.807, 2.05) is 0 Å². The molecule has 11 nitrogen and oxygen atoms in total. The number of ether oxygens (including phenoxy) is 4. The van der Waals surface area contributed by atoms with Crippen molar-refractivity contribution >= 4 is 29.1 Å². The lowest BCUT2D eigenvalue weighted by atomic mass is 9.95. The Labute approximate surface area is 221 Å². The highest BCUT2D eigenvalue weighted by molar-refractivity contribution is 7.07. The van der Waals surface area contributed by atoms with Crippen molar-refractivity contribution in [1.82, 2.24) is 4.57 Å². The predicted octanol–water partition coefficient (Wildman–Crippen LogP) is 2.73. The van der Waals surface area contributed by atoms with Crippen LogP contribution >= 0.6 is 11.3 Å². The number of esters is 1. The molecular formula is C26H25N3O8S. The van der Waals surface area contributed by atoms with Gasteiger partial charge in [0.2, 0.25) is 5.75 Å². The molecule has 198 valence electrons. The van der Waals surface area contributed by atoms with Crippen LogP contribution in [0.5, 0.6) is 17.2 Å². The molecule has 1 unspecified atom stereocenters. The smallest absolute Gasteiger partial charge is 0.338 e. The van der Waals surface area contributed by atoms with Gasteiger partial charge in [-0.2, -0.15) is 0 Å². The van der Waals surface area contributed by atoms with Crippen LogP contribution in [0.4, 0.5) is 5.69 Å². The molecule has 1 aromatic heterocycles. The maximum Gasteiger partial charge on any atom is 0.338 e. The van der Waals surface area contributed by atoms with E-state index in [0.29, 0.717) is 43.4 Å². The number of non-ortho nitro benzene ring substituents is 1. The van der Waals surface area contributed by atoms with Crippen LogP contribution < -0.4 is 29.1 Å². The number of fused-ring (bicyclic) bond motifs is 1. The van der Waals surface area contributed by atoms with Gasteiger partial charge in [0, 0.05) is 12.1 Å². The number of benzene rings is 2. The van der Waals surface area contributed by atoms with Crippen LogP contribution in [0.1, 0.15) is 31.0 Å². The first-order valence-corrected chi connectivity index (χ1v) is 12.3. The summed E-state index contributed by atoms with van der Waals surface area (Å²) in [6.07, 6.45) is 1.65. The molecule has 0 bridgehead atoms. The van der Waals surface area contributed by atoms with Crippen LogP contribution in [0.3, 0.4) is 0 Å². The monoisotopic (exact) mass is 539 g/mol. The minimum atomic E-state index is -0.965. The Morgan fingerprint density at radius 3 is 2.42 bits per heavy atom. The molecule has 0 amide bonds. The van der Waals surface area contributed by atoms with Gasteiger partial charge in [0.05, 0.1) is 54.7 Å². The first-order valence-electron chi connectivity index (χ1n) is 11.5. The van der Waals surface area contributed by atoms with Crippen molar-refractivity contribution in [1.29, 1.82) is 0 Å². The number of hydrogen-bond donors (Lipinski definition) is 0. The van der Waals surface area contributed by atoms with Gasteiger partial charge in [-0.05, 0) is 43.2 Å². The molecule has 0 aliphatic carbocycles. The second-order valence-electron chi connectivity index (χ2n) is 8.11. The molecular weight excluding hydrogens is 514 g/mol. The van der Waals surface area contributed by atoms with Gasteiger partial charge in [0.1, 0.15) is 0 Å². The number of rotatable bonds is 8. The topological polar surface area (TPSA) is 131 Å². The number of nitro groups is 1. The summed E-state index contributed by atoms with van der Waals surface area (Å²) in [4.78, 5) is 42.6. The standard InChI is InChI=1S/C26H25N3O8S/c1-6-37-25(31)21-14(2)27-26-28(22(21)16-8-7-9-17(13-16)29(32)33)24(30)20(38-26)12-15-10-18(34-3)23(36-5)19(11-15)35-4/h7-13,22H,6H2,1-5H3. The summed E-state index contributed by atoms with van der Waals surface area (Å²) >= 11 is 1.13. The van der Waals surface area contributed by atoms with E-state index in [0.717, 1.165) is 11.3 Å². The maximum absolute atomic E-state index is 13.8. The molecule has 2 heterocycles. The van der Waals surface area contributed by atoms with E-state index in [1.165, 1.54) is 44.1 Å². The summed E-state index contributed by atoms with van der Waals surface area (Å²) < 4.78 is 23.2. The van der Waals surface area contributed by atoms with Crippen molar-refractivity contribution in [3.8, 4) is 17.2 Å². The first-order chi connectivity index (χ1) is 18.2. The summed E-state index contributed by atoms with van der Waals surface area (Å²) in [5.41, 5.74) is 0.905. The molecule has 2 aromatic carbocycles. The van der Waals surface area contributed by atoms with Gasteiger partial charge in [0.15, 0.2) is 16.3 Å². The Balaban J connectivity index is 1.97. The second kappa shape index (κ2) is 10.9. The number of thiazole rings is 1. The van der Waals surface area contributed by atoms with Crippen LogP contribution in [0.15, 0.2) is 57.5 Å². The lowest BCUT2D eigenvalue weighted by Gasteiger charge is -2.24. The largest absolute Gasteiger partial charge is 0.493 e. The van der Waals surface area contributed by atoms with E-state index in [2.05, 4.69) is 4.99 Å². The highest BCUT2D eigenvalue weighted by Gasteiger charge is 2.34. The first kappa shape index (κ1) is 26.6. The molecule has 0 saturated carbocycles. The van der Waals surface area contributed by atoms with Crippen molar-refractivity contribution in [3.63, 3.8) is 0 Å². The molecule has 0 spiro atoms. The third-order valence-corrected chi connectivity index (χ3v) is 6.88. The number of allylic oxidation sites excluding steroid dienone is 1. The fourth-order valence-corrected chi connectivity index (χ4v) is 5.30. The summed E-state index contributed by atoms with van der Waals surface area (Å²) in [5.74, 6) is 0.597. The van der Waals surface area contributed by atoms with Crippen LogP contribution in [-0.4, -0.2) is 43.4 Å². The van der Waals surface area contributed by atoms with Crippen molar-refractivity contribution < 1.29 is 28.7 Å². The number of hydrogen-bond acceptors (Lipinski definition) is 10. The lowest BCUT2D eigenvalue weighted by molar-refractivity contribution is -0.384. The normalized spacial score (nSPS) is 15.0. The molecule has 12 heteroatoms. The van der Waals surface area contributed by atoms with Gasteiger partial charge < -0.3 is 18.9 Å². The van der Waals surface area contributed by atoms with Crippen molar-refractivity contribution in [2.45, 2.75) is 19.9 Å². The van der Waals surface area contributed by atoms with Crippen molar-refractivity contribution in [3.05, 3.63) is 88.6 Å². The van der Waals surface area contributed by atoms with Crippen LogP contribution in [0, 0.1) is 10.1 Å². The van der Waals surface area contributed by atoms with Gasteiger partial charge in [-0.3, -0.25) is 19.5 Å². The number of nitro benzene ring substituents is 1.